The summed E-state index contributed by atoms with van der Waals surface area (Å²) < 4.78 is 27.7. The van der Waals surface area contributed by atoms with Crippen LogP contribution in [0.1, 0.15) is 61.3 Å². The Kier molecular flexibility index (Phi) is 6.58. The van der Waals surface area contributed by atoms with E-state index in [4.69, 9.17) is 0 Å². The first-order valence-electron chi connectivity index (χ1n) is 9.77. The summed E-state index contributed by atoms with van der Waals surface area (Å²) in [5.41, 5.74) is 0.368. The molecule has 1 aromatic carbocycles. The first kappa shape index (κ1) is 21.0. The van der Waals surface area contributed by atoms with E-state index in [1.807, 2.05) is 24.4 Å². The molecule has 152 valence electrons. The van der Waals surface area contributed by atoms with Gasteiger partial charge in [-0.15, -0.1) is 11.3 Å². The Balaban J connectivity index is 1.83. The molecule has 2 heterocycles. The standard InChI is InChI=1S/C21H28N2O3S2/c1-15(2)20(19-11-7-13-27-19)22-21(24)17-9-6-10-18(14-17)28(25,26)23-12-5-4-8-16(23)3/h6-7,9-11,13-16,20H,4-5,8,12H2,1-3H3,(H,22,24)/t16-,20+/m0/s1. The Morgan fingerprint density at radius 1 is 1.21 bits per heavy atom. The van der Waals surface area contributed by atoms with Crippen molar-refractivity contribution in [2.75, 3.05) is 6.54 Å². The molecular formula is C21H28N2O3S2. The van der Waals surface area contributed by atoms with Gasteiger partial charge < -0.3 is 5.32 Å². The molecule has 0 saturated carbocycles. The SMILES string of the molecule is CC(C)[C@@H](NC(=O)c1cccc(S(=O)(=O)N2CCCC[C@@H]2C)c1)c1cccs1. The number of thiophene rings is 1. The Hall–Kier alpha value is -1.70. The molecule has 3 rings (SSSR count). The first-order valence-corrected chi connectivity index (χ1v) is 12.1. The summed E-state index contributed by atoms with van der Waals surface area (Å²) >= 11 is 1.61. The molecule has 5 nitrogen and oxygen atoms in total. The van der Waals surface area contributed by atoms with E-state index in [0.29, 0.717) is 12.1 Å². The van der Waals surface area contributed by atoms with Crippen molar-refractivity contribution >= 4 is 27.3 Å². The number of amides is 1. The number of sulfonamides is 1. The van der Waals surface area contributed by atoms with E-state index < -0.39 is 10.0 Å². The molecule has 0 radical (unpaired) electrons. The Morgan fingerprint density at radius 3 is 2.64 bits per heavy atom. The van der Waals surface area contributed by atoms with Gasteiger partial charge in [0.25, 0.3) is 5.91 Å². The summed E-state index contributed by atoms with van der Waals surface area (Å²) in [6, 6.07) is 10.2. The third-order valence-electron chi connectivity index (χ3n) is 5.25. The lowest BCUT2D eigenvalue weighted by atomic mass is 10.0. The van der Waals surface area contributed by atoms with Crippen LogP contribution in [0.4, 0.5) is 0 Å². The van der Waals surface area contributed by atoms with Crippen molar-refractivity contribution < 1.29 is 13.2 Å². The van der Waals surface area contributed by atoms with Gasteiger partial charge in [-0.2, -0.15) is 4.31 Å². The summed E-state index contributed by atoms with van der Waals surface area (Å²) in [4.78, 5) is 14.1. The molecule has 1 aromatic heterocycles. The number of piperidine rings is 1. The van der Waals surface area contributed by atoms with Gasteiger partial charge in [0.05, 0.1) is 10.9 Å². The molecule has 2 aromatic rings. The number of hydrogen-bond donors (Lipinski definition) is 1. The highest BCUT2D eigenvalue weighted by molar-refractivity contribution is 7.89. The summed E-state index contributed by atoms with van der Waals surface area (Å²) in [6.07, 6.45) is 2.80. The van der Waals surface area contributed by atoms with Crippen molar-refractivity contribution in [3.05, 3.63) is 52.2 Å². The molecule has 1 N–H and O–H groups in total. The van der Waals surface area contributed by atoms with E-state index >= 15 is 0 Å². The van der Waals surface area contributed by atoms with Crippen LogP contribution in [0.25, 0.3) is 0 Å². The zero-order valence-corrected chi connectivity index (χ0v) is 18.2. The smallest absolute Gasteiger partial charge is 0.251 e. The molecule has 1 fully saturated rings. The van der Waals surface area contributed by atoms with Crippen molar-refractivity contribution in [2.24, 2.45) is 5.92 Å². The number of carbonyl (C=O) groups excluding carboxylic acids is 1. The first-order chi connectivity index (χ1) is 13.3. The normalized spacial score (nSPS) is 19.5. The molecule has 0 bridgehead atoms. The van der Waals surface area contributed by atoms with Crippen molar-refractivity contribution in [1.29, 1.82) is 0 Å². The lowest BCUT2D eigenvalue weighted by molar-refractivity contribution is 0.0926. The van der Waals surface area contributed by atoms with Crippen molar-refractivity contribution in [1.82, 2.24) is 9.62 Å². The monoisotopic (exact) mass is 420 g/mol. The van der Waals surface area contributed by atoms with Gasteiger partial charge in [0, 0.05) is 23.0 Å². The number of hydrogen-bond acceptors (Lipinski definition) is 4. The van der Waals surface area contributed by atoms with Gasteiger partial charge in [-0.3, -0.25) is 4.79 Å². The molecule has 0 unspecified atom stereocenters. The van der Waals surface area contributed by atoms with Crippen LogP contribution in [-0.2, 0) is 10.0 Å². The Labute approximate surface area is 171 Å². The van der Waals surface area contributed by atoms with Crippen LogP contribution in [0.3, 0.4) is 0 Å². The average molecular weight is 421 g/mol. The molecular weight excluding hydrogens is 392 g/mol. The fourth-order valence-electron chi connectivity index (χ4n) is 3.62. The summed E-state index contributed by atoms with van der Waals surface area (Å²) in [7, 11) is -3.60. The molecule has 0 spiro atoms. The maximum atomic E-state index is 13.1. The van der Waals surface area contributed by atoms with Crippen LogP contribution in [0.15, 0.2) is 46.7 Å². The molecule has 1 saturated heterocycles. The molecule has 7 heteroatoms. The molecule has 1 aliphatic heterocycles. The maximum Gasteiger partial charge on any atom is 0.251 e. The largest absolute Gasteiger partial charge is 0.344 e. The molecule has 1 amide bonds. The summed E-state index contributed by atoms with van der Waals surface area (Å²) in [6.45, 7) is 6.60. The summed E-state index contributed by atoms with van der Waals surface area (Å²) in [5.74, 6) is -0.0282. The predicted octanol–water partition coefficient (Wildman–Crippen LogP) is 4.44. The van der Waals surface area contributed by atoms with Crippen LogP contribution < -0.4 is 5.32 Å². The highest BCUT2D eigenvalue weighted by Crippen LogP contribution is 2.28. The third-order valence-corrected chi connectivity index (χ3v) is 8.21. The van der Waals surface area contributed by atoms with Gasteiger partial charge >= 0.3 is 0 Å². The number of nitrogens with zero attached hydrogens (tertiary/aromatic N) is 1. The van der Waals surface area contributed by atoms with Crippen LogP contribution in [-0.4, -0.2) is 31.2 Å². The topological polar surface area (TPSA) is 66.5 Å². The highest BCUT2D eigenvalue weighted by Gasteiger charge is 2.31. The van der Waals surface area contributed by atoms with Gasteiger partial charge in [0.15, 0.2) is 0 Å². The lowest BCUT2D eigenvalue weighted by Gasteiger charge is -2.32. The van der Waals surface area contributed by atoms with Gasteiger partial charge in [0.2, 0.25) is 10.0 Å². The minimum Gasteiger partial charge on any atom is -0.344 e. The summed E-state index contributed by atoms with van der Waals surface area (Å²) in [5, 5.41) is 5.06. The molecule has 2 atom stereocenters. The van der Waals surface area contributed by atoms with Crippen LogP contribution in [0.2, 0.25) is 0 Å². The second-order valence-corrected chi connectivity index (χ2v) is 10.6. The van der Waals surface area contributed by atoms with Crippen molar-refractivity contribution in [3.63, 3.8) is 0 Å². The van der Waals surface area contributed by atoms with Gasteiger partial charge in [-0.05, 0) is 55.3 Å². The van der Waals surface area contributed by atoms with Crippen LogP contribution in [0.5, 0.6) is 0 Å². The van der Waals surface area contributed by atoms with Gasteiger partial charge in [-0.1, -0.05) is 32.4 Å². The van der Waals surface area contributed by atoms with Gasteiger partial charge in [0.1, 0.15) is 0 Å². The third kappa shape index (κ3) is 4.47. The van der Waals surface area contributed by atoms with E-state index in [9.17, 15) is 13.2 Å². The second-order valence-electron chi connectivity index (χ2n) is 7.70. The van der Waals surface area contributed by atoms with E-state index in [-0.39, 0.29) is 28.8 Å². The Morgan fingerprint density at radius 2 is 2.00 bits per heavy atom. The van der Waals surface area contributed by atoms with E-state index in [0.717, 1.165) is 24.1 Å². The van der Waals surface area contributed by atoms with Crippen LogP contribution in [0, 0.1) is 5.92 Å². The van der Waals surface area contributed by atoms with E-state index in [2.05, 4.69) is 19.2 Å². The average Bonchev–Trinajstić information content (AvgIpc) is 3.20. The number of rotatable bonds is 6. The number of nitrogens with one attached hydrogen (secondary N) is 1. The fourth-order valence-corrected chi connectivity index (χ4v) is 6.32. The maximum absolute atomic E-state index is 13.1. The minimum absolute atomic E-state index is 0.0135. The lowest BCUT2D eigenvalue weighted by Crippen LogP contribution is -2.42. The Bertz CT molecular complexity index is 907. The van der Waals surface area contributed by atoms with E-state index in [1.54, 1.807) is 33.8 Å². The zero-order chi connectivity index (χ0) is 20.3. The van der Waals surface area contributed by atoms with Crippen molar-refractivity contribution in [3.8, 4) is 0 Å². The second kappa shape index (κ2) is 8.76. The van der Waals surface area contributed by atoms with Crippen molar-refractivity contribution in [2.45, 2.75) is 57.0 Å². The highest BCUT2D eigenvalue weighted by atomic mass is 32.2. The molecule has 0 aliphatic carbocycles. The molecule has 1 aliphatic rings. The van der Waals surface area contributed by atoms with Crippen LogP contribution >= 0.6 is 11.3 Å². The number of benzene rings is 1. The zero-order valence-electron chi connectivity index (χ0n) is 16.6. The number of carbonyl (C=O) groups is 1. The minimum atomic E-state index is -3.60. The van der Waals surface area contributed by atoms with E-state index in [1.165, 1.54) is 6.07 Å². The molecule has 28 heavy (non-hydrogen) atoms. The fraction of sp³-hybridized carbons (Fsp3) is 0.476. The van der Waals surface area contributed by atoms with Gasteiger partial charge in [-0.25, -0.2) is 8.42 Å². The quantitative estimate of drug-likeness (QED) is 0.751. The predicted molar refractivity (Wildman–Crippen MR) is 113 cm³/mol.